The molecule has 2 aromatic rings. The minimum absolute atomic E-state index is 1.27. The first-order valence-electron chi connectivity index (χ1n) is 5.83. The SMILES string of the molecule is OCC(O)C(F)(F)F.[O]=[Os]=[O].c1ccncc1.c1ccncc1. The zero-order valence-corrected chi connectivity index (χ0v) is 14.2. The summed E-state index contributed by atoms with van der Waals surface area (Å²) in [5, 5.41) is 15.5. The number of alkyl halides is 3. The Morgan fingerprint density at radius 1 is 0.870 bits per heavy atom. The molecule has 2 aromatic heterocycles. The molecular formula is C13H15F3N2O4Os. The van der Waals surface area contributed by atoms with E-state index in [1.165, 1.54) is 0 Å². The molecule has 2 N–H and O–H groups in total. The standard InChI is InChI=1S/2C5H5N.C3H5F3O2.2O.Os/c2*1-2-4-6-5-3-1;4-3(5,6)2(8)1-7;;;/h2*1-5H;2,7-8H,1H2;;;. The number of aliphatic hydroxyl groups excluding tert-OH is 2. The van der Waals surface area contributed by atoms with Gasteiger partial charge in [0.15, 0.2) is 6.10 Å². The summed E-state index contributed by atoms with van der Waals surface area (Å²) in [4.78, 5) is 7.57. The maximum atomic E-state index is 11.0. The van der Waals surface area contributed by atoms with Gasteiger partial charge in [0.05, 0.1) is 6.61 Å². The van der Waals surface area contributed by atoms with Crippen LogP contribution < -0.4 is 0 Å². The Hall–Kier alpha value is -1.75. The number of hydrogen-bond donors (Lipinski definition) is 2. The topological polar surface area (TPSA) is 100 Å². The molecule has 2 heterocycles. The number of nitrogens with zero attached hydrogens (tertiary/aromatic N) is 2. The summed E-state index contributed by atoms with van der Waals surface area (Å²) < 4.78 is 50.1. The predicted octanol–water partition coefficient (Wildman–Crippen LogP) is 1.82. The molecule has 0 spiro atoms. The van der Waals surface area contributed by atoms with Crippen LogP contribution in [0.3, 0.4) is 0 Å². The molecule has 2 rings (SSSR count). The molecule has 6 nitrogen and oxygen atoms in total. The Balaban J connectivity index is 0. The van der Waals surface area contributed by atoms with Gasteiger partial charge in [-0.25, -0.2) is 0 Å². The third kappa shape index (κ3) is 20.2. The molecule has 0 aliphatic rings. The van der Waals surface area contributed by atoms with E-state index in [4.69, 9.17) is 17.3 Å². The van der Waals surface area contributed by atoms with Crippen LogP contribution in [0.2, 0.25) is 0 Å². The van der Waals surface area contributed by atoms with Crippen molar-refractivity contribution in [2.45, 2.75) is 12.3 Å². The van der Waals surface area contributed by atoms with E-state index in [-0.39, 0.29) is 0 Å². The second kappa shape index (κ2) is 16.6. The van der Waals surface area contributed by atoms with Gasteiger partial charge in [0.2, 0.25) is 0 Å². The van der Waals surface area contributed by atoms with Crippen molar-refractivity contribution in [2.75, 3.05) is 6.61 Å². The molecule has 23 heavy (non-hydrogen) atoms. The van der Waals surface area contributed by atoms with Crippen molar-refractivity contribution < 1.29 is 47.8 Å². The summed E-state index contributed by atoms with van der Waals surface area (Å²) in [5.74, 6) is 0. The molecule has 1 unspecified atom stereocenters. The molecule has 130 valence electrons. The van der Waals surface area contributed by atoms with E-state index in [1.807, 2.05) is 36.4 Å². The van der Waals surface area contributed by atoms with E-state index in [0.29, 0.717) is 0 Å². The van der Waals surface area contributed by atoms with Crippen molar-refractivity contribution in [3.8, 4) is 0 Å². The molecule has 0 aliphatic carbocycles. The molecule has 0 amide bonds. The molecule has 0 bridgehead atoms. The first-order valence-corrected chi connectivity index (χ1v) is 7.90. The van der Waals surface area contributed by atoms with Crippen LogP contribution in [0.4, 0.5) is 13.2 Å². The Labute approximate surface area is 138 Å². The van der Waals surface area contributed by atoms with Crippen molar-refractivity contribution in [3.63, 3.8) is 0 Å². The Morgan fingerprint density at radius 2 is 1.17 bits per heavy atom. The second-order valence-electron chi connectivity index (χ2n) is 3.35. The third-order valence-electron chi connectivity index (χ3n) is 1.68. The van der Waals surface area contributed by atoms with Gasteiger partial charge < -0.3 is 10.2 Å². The van der Waals surface area contributed by atoms with Gasteiger partial charge in [-0.05, 0) is 24.3 Å². The average Bonchev–Trinajstić information content (AvgIpc) is 2.58. The molecule has 10 heteroatoms. The second-order valence-corrected chi connectivity index (χ2v) is 3.77. The van der Waals surface area contributed by atoms with E-state index >= 15 is 0 Å². The van der Waals surface area contributed by atoms with Gasteiger partial charge in [0, 0.05) is 24.8 Å². The van der Waals surface area contributed by atoms with Crippen LogP contribution in [0, 0.1) is 0 Å². The van der Waals surface area contributed by atoms with Crippen molar-refractivity contribution in [3.05, 3.63) is 61.2 Å². The fourth-order valence-electron chi connectivity index (χ4n) is 0.729. The molecule has 1 atom stereocenters. The summed E-state index contributed by atoms with van der Waals surface area (Å²) in [6, 6.07) is 11.4. The fraction of sp³-hybridized carbons (Fsp3) is 0.231. The van der Waals surface area contributed by atoms with Gasteiger partial charge in [-0.1, -0.05) is 12.1 Å². The number of rotatable bonds is 1. The van der Waals surface area contributed by atoms with E-state index < -0.39 is 36.2 Å². The smallest absolute Gasteiger partial charge is 0.0267 e. The number of hydrogen-bond acceptors (Lipinski definition) is 6. The molecule has 0 aromatic carbocycles. The Kier molecular flexibility index (Phi) is 17.0. The maximum absolute atomic E-state index is 11.0. The minimum atomic E-state index is -4.69. The van der Waals surface area contributed by atoms with Gasteiger partial charge in [0.25, 0.3) is 0 Å². The summed E-state index contributed by atoms with van der Waals surface area (Å²) in [6.07, 6.45) is -0.281. The first-order chi connectivity index (χ1) is 10.9. The Bertz CT molecular complexity index is 413. The number of pyridine rings is 2. The third-order valence-corrected chi connectivity index (χ3v) is 1.68. The van der Waals surface area contributed by atoms with Gasteiger partial charge in [0.1, 0.15) is 0 Å². The van der Waals surface area contributed by atoms with E-state index in [0.717, 1.165) is 0 Å². The van der Waals surface area contributed by atoms with Crippen molar-refractivity contribution in [2.24, 2.45) is 0 Å². The van der Waals surface area contributed by atoms with Crippen LogP contribution in [0.1, 0.15) is 0 Å². The van der Waals surface area contributed by atoms with Crippen LogP contribution in [0.5, 0.6) is 0 Å². The number of aliphatic hydroxyl groups is 2. The van der Waals surface area contributed by atoms with E-state index in [2.05, 4.69) is 9.97 Å². The monoisotopic (exact) mass is 512 g/mol. The molecule has 0 saturated heterocycles. The molecule has 0 radical (unpaired) electrons. The summed E-state index contributed by atoms with van der Waals surface area (Å²) in [6.45, 7) is -1.27. The zero-order chi connectivity index (χ0) is 18.0. The largest absolute Gasteiger partial charge is 0.265 e. The summed E-state index contributed by atoms with van der Waals surface area (Å²) >= 11 is -2.08. The first kappa shape index (κ1) is 23.5. The minimum Gasteiger partial charge on any atom is -0.265 e. The zero-order valence-electron chi connectivity index (χ0n) is 11.7. The quantitative estimate of drug-likeness (QED) is 0.607. The molecule has 0 saturated carbocycles. The maximum Gasteiger partial charge on any atom is 0.0267 e. The average molecular weight is 510 g/mol. The van der Waals surface area contributed by atoms with Crippen LogP contribution in [0.15, 0.2) is 61.2 Å². The van der Waals surface area contributed by atoms with Gasteiger partial charge >= 0.3 is 30.6 Å². The van der Waals surface area contributed by atoms with Gasteiger partial charge in [-0.2, -0.15) is 13.2 Å². The van der Waals surface area contributed by atoms with Gasteiger partial charge in [-0.3, -0.25) is 9.97 Å². The number of halogens is 3. The van der Waals surface area contributed by atoms with Crippen molar-refractivity contribution in [1.29, 1.82) is 0 Å². The van der Waals surface area contributed by atoms with E-state index in [1.54, 1.807) is 24.8 Å². The van der Waals surface area contributed by atoms with Crippen LogP contribution in [0.25, 0.3) is 0 Å². The summed E-state index contributed by atoms with van der Waals surface area (Å²) in [5.41, 5.74) is 0. The van der Waals surface area contributed by atoms with Crippen LogP contribution in [-0.4, -0.2) is 39.1 Å². The van der Waals surface area contributed by atoms with Gasteiger partial charge in [-0.15, -0.1) is 0 Å². The Morgan fingerprint density at radius 3 is 1.22 bits per heavy atom. The molecular weight excluding hydrogens is 495 g/mol. The molecule has 0 aliphatic heterocycles. The van der Waals surface area contributed by atoms with Crippen LogP contribution >= 0.6 is 0 Å². The molecule has 0 fully saturated rings. The van der Waals surface area contributed by atoms with Crippen LogP contribution in [-0.2, 0) is 24.4 Å². The normalized spacial score (nSPS) is 10.5. The van der Waals surface area contributed by atoms with Crippen molar-refractivity contribution >= 4 is 0 Å². The predicted molar refractivity (Wildman–Crippen MR) is 69.0 cm³/mol. The summed E-state index contributed by atoms with van der Waals surface area (Å²) in [7, 11) is 0. The van der Waals surface area contributed by atoms with Crippen molar-refractivity contribution in [1.82, 2.24) is 9.97 Å². The number of aromatic nitrogens is 2. The fourth-order valence-corrected chi connectivity index (χ4v) is 0.729. The van der Waals surface area contributed by atoms with E-state index in [9.17, 15) is 13.2 Å².